The number of nitrogens with one attached hydrogen (secondary N) is 1. The Hall–Kier alpha value is -2.59. The fraction of sp³-hybridized carbons (Fsp3) is 0.278. The monoisotopic (exact) mass is 413 g/mol. The molecule has 0 saturated carbocycles. The summed E-state index contributed by atoms with van der Waals surface area (Å²) in [6, 6.07) is 5.67. The van der Waals surface area contributed by atoms with E-state index in [1.54, 1.807) is 0 Å². The molecule has 148 valence electrons. The van der Waals surface area contributed by atoms with Crippen molar-refractivity contribution in [2.24, 2.45) is 0 Å². The van der Waals surface area contributed by atoms with E-state index in [9.17, 15) is 22.4 Å². The number of rotatable bonds is 5. The van der Waals surface area contributed by atoms with Crippen LogP contribution in [0.3, 0.4) is 0 Å². The van der Waals surface area contributed by atoms with Crippen molar-refractivity contribution in [3.63, 3.8) is 0 Å². The smallest absolute Gasteiger partial charge is 0.385 e. The normalized spacial score (nSPS) is 11.9. The summed E-state index contributed by atoms with van der Waals surface area (Å²) in [7, 11) is 1.50. The minimum absolute atomic E-state index is 0.0366. The number of benzene rings is 1. The zero-order valence-electron chi connectivity index (χ0n) is 14.6. The Morgan fingerprint density at radius 1 is 1.25 bits per heavy atom. The Bertz CT molecular complexity index is 1120. The number of aryl methyl sites for hydroxylation is 1. The van der Waals surface area contributed by atoms with Crippen molar-refractivity contribution >= 4 is 23.3 Å². The molecule has 0 fully saturated rings. The molecule has 2 heterocycles. The number of aromatic amines is 1. The predicted octanol–water partition coefficient (Wildman–Crippen LogP) is 4.32. The van der Waals surface area contributed by atoms with Crippen LogP contribution in [-0.2, 0) is 17.5 Å². The fourth-order valence-corrected chi connectivity index (χ4v) is 3.11. The second-order valence-corrected chi connectivity index (χ2v) is 6.40. The summed E-state index contributed by atoms with van der Waals surface area (Å²) in [5.74, 6) is -0.528. The molecule has 0 spiro atoms. The van der Waals surface area contributed by atoms with Crippen LogP contribution in [0.15, 0.2) is 35.1 Å². The third-order valence-corrected chi connectivity index (χ3v) is 4.45. The van der Waals surface area contributed by atoms with Crippen molar-refractivity contribution in [2.45, 2.75) is 19.1 Å². The molecule has 1 aromatic carbocycles. The van der Waals surface area contributed by atoms with E-state index >= 15 is 0 Å². The number of hydrogen-bond acceptors (Lipinski definition) is 4. The molecule has 28 heavy (non-hydrogen) atoms. The second kappa shape index (κ2) is 7.80. The largest absolute Gasteiger partial charge is 0.417 e. The van der Waals surface area contributed by atoms with Gasteiger partial charge < -0.3 is 9.30 Å². The number of pyridine rings is 1. The molecule has 0 atom stereocenters. The Balaban J connectivity index is 2.35. The van der Waals surface area contributed by atoms with Crippen LogP contribution in [0.25, 0.3) is 22.3 Å². The van der Waals surface area contributed by atoms with Gasteiger partial charge in [-0.3, -0.25) is 9.78 Å². The Morgan fingerprint density at radius 3 is 2.54 bits per heavy atom. The van der Waals surface area contributed by atoms with Gasteiger partial charge in [-0.05, 0) is 49.0 Å². The van der Waals surface area contributed by atoms with E-state index < -0.39 is 28.5 Å². The van der Waals surface area contributed by atoms with Crippen molar-refractivity contribution < 1.29 is 22.3 Å². The maximum absolute atomic E-state index is 13.7. The number of aromatic nitrogens is 3. The highest BCUT2D eigenvalue weighted by Gasteiger charge is 2.35. The first-order chi connectivity index (χ1) is 13.2. The topological polar surface area (TPSA) is 59.9 Å². The number of fused-ring (bicyclic) bond motifs is 1. The van der Waals surface area contributed by atoms with E-state index in [1.165, 1.54) is 23.8 Å². The van der Waals surface area contributed by atoms with Crippen LogP contribution >= 0.6 is 12.2 Å². The molecule has 0 aliphatic rings. The number of nitrogens with zero attached hydrogens (tertiary/aromatic N) is 2. The van der Waals surface area contributed by atoms with Gasteiger partial charge in [-0.15, -0.1) is 0 Å². The molecule has 0 aliphatic heterocycles. The Kier molecular flexibility index (Phi) is 5.61. The van der Waals surface area contributed by atoms with Crippen LogP contribution in [-0.4, -0.2) is 28.3 Å². The standard InChI is InChI=1S/C18H15F4N3O2S/c1-27-8-2-7-25-15-14(16(26)24-17(25)28)12(18(20,21)22)9-13(23-15)10-3-5-11(19)6-4-10/h3-6,9H,2,7-8H2,1H3,(H,24,26,28). The van der Waals surface area contributed by atoms with Gasteiger partial charge in [-0.2, -0.15) is 13.2 Å². The van der Waals surface area contributed by atoms with Crippen LogP contribution in [0.5, 0.6) is 0 Å². The predicted molar refractivity (Wildman–Crippen MR) is 98.1 cm³/mol. The summed E-state index contributed by atoms with van der Waals surface area (Å²) in [6.07, 6.45) is -4.34. The number of hydrogen-bond donors (Lipinski definition) is 1. The van der Waals surface area contributed by atoms with Gasteiger partial charge in [0.1, 0.15) is 11.5 Å². The van der Waals surface area contributed by atoms with E-state index in [-0.39, 0.29) is 28.2 Å². The van der Waals surface area contributed by atoms with Crippen LogP contribution in [0.2, 0.25) is 0 Å². The van der Waals surface area contributed by atoms with E-state index in [2.05, 4.69) is 9.97 Å². The van der Waals surface area contributed by atoms with Crippen LogP contribution < -0.4 is 5.56 Å². The molecule has 3 rings (SSSR count). The lowest BCUT2D eigenvalue weighted by Gasteiger charge is -2.16. The van der Waals surface area contributed by atoms with Gasteiger partial charge in [0, 0.05) is 25.8 Å². The molecule has 0 radical (unpaired) electrons. The first-order valence-electron chi connectivity index (χ1n) is 8.22. The molecule has 0 aliphatic carbocycles. The quantitative estimate of drug-likeness (QED) is 0.385. The van der Waals surface area contributed by atoms with Crippen molar-refractivity contribution in [2.75, 3.05) is 13.7 Å². The molecule has 0 unspecified atom stereocenters. The molecule has 0 amide bonds. The van der Waals surface area contributed by atoms with Crippen LogP contribution in [0.4, 0.5) is 17.6 Å². The van der Waals surface area contributed by atoms with Crippen molar-refractivity contribution in [1.29, 1.82) is 0 Å². The first kappa shape index (κ1) is 20.2. The summed E-state index contributed by atoms with van der Waals surface area (Å²) in [5, 5.41) is -0.593. The summed E-state index contributed by atoms with van der Waals surface area (Å²) in [6.45, 7) is 0.559. The third-order valence-electron chi connectivity index (χ3n) is 4.12. The molecule has 0 bridgehead atoms. The van der Waals surface area contributed by atoms with Gasteiger partial charge in [0.15, 0.2) is 4.77 Å². The average Bonchev–Trinajstić information content (AvgIpc) is 2.63. The summed E-state index contributed by atoms with van der Waals surface area (Å²) in [5.41, 5.74) is -2.04. The highest BCUT2D eigenvalue weighted by molar-refractivity contribution is 7.71. The van der Waals surface area contributed by atoms with Gasteiger partial charge in [-0.1, -0.05) is 0 Å². The molecule has 3 aromatic rings. The number of halogens is 4. The Morgan fingerprint density at radius 2 is 1.93 bits per heavy atom. The maximum atomic E-state index is 13.7. The van der Waals surface area contributed by atoms with E-state index in [4.69, 9.17) is 17.0 Å². The molecular weight excluding hydrogens is 398 g/mol. The summed E-state index contributed by atoms with van der Waals surface area (Å²) < 4.78 is 60.6. The Labute approximate surface area is 161 Å². The van der Waals surface area contributed by atoms with Gasteiger partial charge in [0.25, 0.3) is 5.56 Å². The minimum Gasteiger partial charge on any atom is -0.385 e. The summed E-state index contributed by atoms with van der Waals surface area (Å²) >= 11 is 5.13. The van der Waals surface area contributed by atoms with Crippen molar-refractivity contribution in [1.82, 2.24) is 14.5 Å². The van der Waals surface area contributed by atoms with Crippen molar-refractivity contribution in [3.8, 4) is 11.3 Å². The number of alkyl halides is 3. The maximum Gasteiger partial charge on any atom is 0.417 e. The molecule has 5 nitrogen and oxygen atoms in total. The average molecular weight is 413 g/mol. The molecule has 1 N–H and O–H groups in total. The summed E-state index contributed by atoms with van der Waals surface area (Å²) in [4.78, 5) is 18.8. The first-order valence-corrected chi connectivity index (χ1v) is 8.63. The highest BCUT2D eigenvalue weighted by atomic mass is 32.1. The minimum atomic E-state index is -4.80. The lowest BCUT2D eigenvalue weighted by atomic mass is 10.1. The third kappa shape index (κ3) is 3.97. The zero-order chi connectivity index (χ0) is 20.5. The van der Waals surface area contributed by atoms with E-state index in [0.717, 1.165) is 18.2 Å². The zero-order valence-corrected chi connectivity index (χ0v) is 15.5. The lowest BCUT2D eigenvalue weighted by Crippen LogP contribution is -2.21. The van der Waals surface area contributed by atoms with Gasteiger partial charge in [-0.25, -0.2) is 9.37 Å². The van der Waals surface area contributed by atoms with Gasteiger partial charge >= 0.3 is 6.18 Å². The second-order valence-electron chi connectivity index (χ2n) is 6.02. The molecule has 0 saturated heterocycles. The van der Waals surface area contributed by atoms with E-state index in [1.807, 2.05) is 0 Å². The number of methoxy groups -OCH3 is 1. The molecular formula is C18H15F4N3O2S. The van der Waals surface area contributed by atoms with Gasteiger partial charge in [0.05, 0.1) is 16.6 Å². The number of ether oxygens (including phenoxy) is 1. The number of H-pyrrole nitrogens is 1. The van der Waals surface area contributed by atoms with E-state index in [0.29, 0.717) is 13.0 Å². The van der Waals surface area contributed by atoms with Crippen LogP contribution in [0.1, 0.15) is 12.0 Å². The van der Waals surface area contributed by atoms with Crippen molar-refractivity contribution in [3.05, 3.63) is 56.8 Å². The molecule has 2 aromatic heterocycles. The lowest BCUT2D eigenvalue weighted by molar-refractivity contribution is -0.136. The molecule has 10 heteroatoms. The van der Waals surface area contributed by atoms with Crippen LogP contribution in [0, 0.1) is 10.6 Å². The van der Waals surface area contributed by atoms with Gasteiger partial charge in [0.2, 0.25) is 0 Å². The SMILES string of the molecule is COCCCn1c(=S)[nH]c(=O)c2c(C(F)(F)F)cc(-c3ccc(F)cc3)nc21. The highest BCUT2D eigenvalue weighted by Crippen LogP contribution is 2.35. The fourth-order valence-electron chi connectivity index (χ4n) is 2.84.